The molecule has 5 heterocycles. The topological polar surface area (TPSA) is 128 Å². The van der Waals surface area contributed by atoms with Gasteiger partial charge in [-0.1, -0.05) is 0 Å². The third-order valence-electron chi connectivity index (χ3n) is 5.77. The van der Waals surface area contributed by atoms with Gasteiger partial charge in [-0.15, -0.1) is 5.10 Å². The number of likely N-dealkylation sites (tertiary alicyclic amines) is 1. The highest BCUT2D eigenvalue weighted by Crippen LogP contribution is 2.34. The number of nitrogens with zero attached hydrogens (tertiary/aromatic N) is 7. The third-order valence-corrected chi connectivity index (χ3v) is 6.36. The van der Waals surface area contributed by atoms with Crippen molar-refractivity contribution in [1.29, 1.82) is 0 Å². The molecule has 2 aliphatic heterocycles. The lowest BCUT2D eigenvalue weighted by Gasteiger charge is -2.30. The van der Waals surface area contributed by atoms with Gasteiger partial charge in [0.2, 0.25) is 5.95 Å². The third kappa shape index (κ3) is 3.89. The normalized spacial score (nSPS) is 19.6. The number of aromatic nitrogens is 6. The molecule has 0 saturated carbocycles. The summed E-state index contributed by atoms with van der Waals surface area (Å²) in [5.41, 5.74) is 3.59. The lowest BCUT2D eigenvalue weighted by atomic mass is 10.1. The number of rotatable bonds is 6. The number of nitrogens with one attached hydrogen (secondary N) is 2. The van der Waals surface area contributed by atoms with E-state index in [4.69, 9.17) is 9.54 Å². The molecule has 160 valence electrons. The van der Waals surface area contributed by atoms with Gasteiger partial charge in [0.25, 0.3) is 0 Å². The van der Waals surface area contributed by atoms with Crippen LogP contribution in [0.15, 0.2) is 18.7 Å². The summed E-state index contributed by atoms with van der Waals surface area (Å²) in [4.78, 5) is 13.8. The fraction of sp³-hybridized carbons (Fsp3) is 0.556. The van der Waals surface area contributed by atoms with Crippen molar-refractivity contribution < 1.29 is 8.76 Å². The van der Waals surface area contributed by atoms with Crippen molar-refractivity contribution in [1.82, 2.24) is 34.7 Å². The Kier molecular flexibility index (Phi) is 5.35. The van der Waals surface area contributed by atoms with Crippen molar-refractivity contribution in [3.8, 4) is 11.3 Å². The molecule has 0 bridgehead atoms. The van der Waals surface area contributed by atoms with Crippen molar-refractivity contribution in [2.75, 3.05) is 42.3 Å². The van der Waals surface area contributed by atoms with Crippen LogP contribution >= 0.6 is 0 Å². The lowest BCUT2D eigenvalue weighted by molar-refractivity contribution is 0.247. The molecule has 0 aromatic carbocycles. The first-order valence-electron chi connectivity index (χ1n) is 10.2. The first-order valence-corrected chi connectivity index (χ1v) is 11.5. The van der Waals surface area contributed by atoms with Crippen LogP contribution in [0.5, 0.6) is 0 Å². The summed E-state index contributed by atoms with van der Waals surface area (Å²) in [5, 5.41) is 15.0. The summed E-state index contributed by atoms with van der Waals surface area (Å²) in [7, 11) is 0. The molecule has 0 amide bonds. The van der Waals surface area contributed by atoms with Crippen LogP contribution in [0.2, 0.25) is 0 Å². The van der Waals surface area contributed by atoms with Crippen LogP contribution in [0.4, 0.5) is 11.6 Å². The van der Waals surface area contributed by atoms with Gasteiger partial charge in [0.1, 0.15) is 23.6 Å². The fourth-order valence-electron chi connectivity index (χ4n) is 4.27. The Hall–Kier alpha value is -2.57. The van der Waals surface area contributed by atoms with Crippen molar-refractivity contribution in [2.45, 2.75) is 31.7 Å². The van der Waals surface area contributed by atoms with E-state index in [0.29, 0.717) is 5.95 Å². The summed E-state index contributed by atoms with van der Waals surface area (Å²) < 4.78 is 21.8. The number of hydrogen-bond donors (Lipinski definition) is 3. The first-order chi connectivity index (χ1) is 14.7. The number of H-pyrrole nitrogens is 1. The molecule has 3 aromatic rings. The Bertz CT molecular complexity index is 1020. The van der Waals surface area contributed by atoms with Crippen LogP contribution in [0.1, 0.15) is 25.7 Å². The van der Waals surface area contributed by atoms with Crippen LogP contribution in [0.3, 0.4) is 0 Å². The maximum Gasteiger partial charge on any atom is 0.243 e. The molecule has 0 aliphatic carbocycles. The molecular weight excluding hydrogens is 406 g/mol. The highest BCUT2D eigenvalue weighted by Gasteiger charge is 2.25. The van der Waals surface area contributed by atoms with Crippen LogP contribution in [-0.2, 0) is 11.1 Å². The van der Waals surface area contributed by atoms with E-state index in [9.17, 15) is 4.21 Å². The van der Waals surface area contributed by atoms with Crippen molar-refractivity contribution >= 4 is 28.4 Å². The van der Waals surface area contributed by atoms with E-state index in [0.717, 1.165) is 74.5 Å². The van der Waals surface area contributed by atoms with E-state index in [-0.39, 0.29) is 11.9 Å². The highest BCUT2D eigenvalue weighted by atomic mass is 32.2. The van der Waals surface area contributed by atoms with E-state index in [1.54, 1.807) is 17.0 Å². The average Bonchev–Trinajstić information content (AvgIpc) is 3.49. The Labute approximate surface area is 176 Å². The number of anilines is 2. The summed E-state index contributed by atoms with van der Waals surface area (Å²) in [6.45, 7) is 3.52. The van der Waals surface area contributed by atoms with E-state index in [2.05, 4.69) is 30.5 Å². The largest absolute Gasteiger partial charge is 0.367 e. The van der Waals surface area contributed by atoms with Crippen molar-refractivity contribution in [2.24, 2.45) is 0 Å². The summed E-state index contributed by atoms with van der Waals surface area (Å²) >= 11 is -1.78. The first kappa shape index (κ1) is 19.4. The van der Waals surface area contributed by atoms with Crippen LogP contribution in [0, 0.1) is 0 Å². The molecule has 2 saturated heterocycles. The van der Waals surface area contributed by atoms with Gasteiger partial charge in [-0.2, -0.15) is 14.6 Å². The zero-order valence-corrected chi connectivity index (χ0v) is 17.4. The lowest BCUT2D eigenvalue weighted by Crippen LogP contribution is -2.40. The smallest absolute Gasteiger partial charge is 0.243 e. The molecule has 30 heavy (non-hydrogen) atoms. The second-order valence-corrected chi connectivity index (χ2v) is 8.71. The van der Waals surface area contributed by atoms with Gasteiger partial charge < -0.3 is 14.8 Å². The van der Waals surface area contributed by atoms with Gasteiger partial charge >= 0.3 is 0 Å². The predicted octanol–water partition coefficient (Wildman–Crippen LogP) is 1.17. The van der Waals surface area contributed by atoms with Gasteiger partial charge in [0.05, 0.1) is 6.20 Å². The quantitative estimate of drug-likeness (QED) is 0.493. The predicted molar refractivity (Wildman–Crippen MR) is 114 cm³/mol. The molecule has 12 heteroatoms. The van der Waals surface area contributed by atoms with Gasteiger partial charge in [0, 0.05) is 44.0 Å². The van der Waals surface area contributed by atoms with Crippen molar-refractivity contribution in [3.63, 3.8) is 0 Å². The molecule has 0 radical (unpaired) electrons. The molecule has 1 atom stereocenters. The van der Waals surface area contributed by atoms with Gasteiger partial charge in [-0.25, -0.2) is 9.19 Å². The molecule has 3 N–H and O–H groups in total. The van der Waals surface area contributed by atoms with Crippen LogP contribution in [-0.4, -0.2) is 81.5 Å². The maximum absolute atomic E-state index is 11.0. The van der Waals surface area contributed by atoms with Crippen LogP contribution in [0.25, 0.3) is 16.9 Å². The second kappa shape index (κ2) is 8.28. The number of aromatic amines is 1. The molecule has 2 aliphatic rings. The fourth-order valence-corrected chi connectivity index (χ4v) is 4.85. The zero-order valence-electron chi connectivity index (χ0n) is 16.6. The molecule has 3 aromatic heterocycles. The number of fused-ring (bicyclic) bond motifs is 1. The Balaban J connectivity index is 1.40. The van der Waals surface area contributed by atoms with E-state index < -0.39 is 11.1 Å². The SMILES string of the molecule is O=S(O)CN1CCC(Nc2nc3c(N4CCCC4)c(-c4cn[nH]c4)ncn3n2)CC1. The molecular formula is C18H25N9O2S. The van der Waals surface area contributed by atoms with Crippen LogP contribution < -0.4 is 10.2 Å². The van der Waals surface area contributed by atoms with Gasteiger partial charge in [-0.3, -0.25) is 10.00 Å². The maximum atomic E-state index is 11.0. The molecule has 0 spiro atoms. The van der Waals surface area contributed by atoms with E-state index >= 15 is 0 Å². The standard InChI is InChI=1S/C18H25N9O2S/c28-30(29)12-25-7-3-14(4-8-25)22-18-23-17-16(26-5-1-2-6-26)15(13-9-20-21-10-13)19-11-27(17)24-18/h9-11,14H,1-8,12H2,(H,20,21)(H,22,24)(H,28,29). The van der Waals surface area contributed by atoms with E-state index in [1.807, 2.05) is 11.1 Å². The minimum Gasteiger partial charge on any atom is -0.367 e. The van der Waals surface area contributed by atoms with E-state index in [1.165, 1.54) is 0 Å². The summed E-state index contributed by atoms with van der Waals surface area (Å²) in [6, 6.07) is 0.238. The zero-order chi connectivity index (χ0) is 20.5. The minimum absolute atomic E-state index is 0.209. The van der Waals surface area contributed by atoms with Crippen molar-refractivity contribution in [3.05, 3.63) is 18.7 Å². The molecule has 11 nitrogen and oxygen atoms in total. The average molecular weight is 432 g/mol. The van der Waals surface area contributed by atoms with Gasteiger partial charge in [-0.05, 0) is 25.7 Å². The Morgan fingerprint density at radius 2 is 2.03 bits per heavy atom. The second-order valence-electron chi connectivity index (χ2n) is 7.81. The van der Waals surface area contributed by atoms with Gasteiger partial charge in [0.15, 0.2) is 16.7 Å². The number of hydrogen-bond acceptors (Lipinski definition) is 8. The Morgan fingerprint density at radius 3 is 2.73 bits per heavy atom. The molecule has 2 fully saturated rings. The monoisotopic (exact) mass is 431 g/mol. The summed E-state index contributed by atoms with van der Waals surface area (Å²) in [6.07, 6.45) is 9.40. The minimum atomic E-state index is -1.78. The highest BCUT2D eigenvalue weighted by molar-refractivity contribution is 7.79. The Morgan fingerprint density at radius 1 is 1.23 bits per heavy atom. The number of piperidine rings is 1. The molecule has 1 unspecified atom stereocenters. The molecule has 5 rings (SSSR count). The summed E-state index contributed by atoms with van der Waals surface area (Å²) in [5.74, 6) is 0.798.